The topological polar surface area (TPSA) is 103 Å². The summed E-state index contributed by atoms with van der Waals surface area (Å²) in [6.07, 6.45) is 0.0250. The molecule has 0 saturated carbocycles. The van der Waals surface area contributed by atoms with E-state index in [9.17, 15) is 14.4 Å². The first-order chi connectivity index (χ1) is 16.4. The van der Waals surface area contributed by atoms with Crippen LogP contribution in [-0.4, -0.2) is 52.3 Å². The first-order valence-corrected chi connectivity index (χ1v) is 11.0. The van der Waals surface area contributed by atoms with Gasteiger partial charge in [-0.2, -0.15) is 0 Å². The van der Waals surface area contributed by atoms with E-state index in [1.807, 2.05) is 6.07 Å². The molecule has 1 N–H and O–H groups in total. The van der Waals surface area contributed by atoms with Gasteiger partial charge >= 0.3 is 5.97 Å². The molecular weight excluding hydrogens is 440 g/mol. The van der Waals surface area contributed by atoms with Gasteiger partial charge in [0.05, 0.1) is 46.3 Å². The maximum absolute atomic E-state index is 13.2. The van der Waals surface area contributed by atoms with E-state index in [1.165, 1.54) is 14.2 Å². The smallest absolute Gasteiger partial charge is 0.308 e. The molecule has 9 heteroatoms. The zero-order valence-corrected chi connectivity index (χ0v) is 19.8. The van der Waals surface area contributed by atoms with Crippen molar-refractivity contribution in [2.45, 2.75) is 25.8 Å². The molecule has 9 nitrogen and oxygen atoms in total. The summed E-state index contributed by atoms with van der Waals surface area (Å²) in [6, 6.07) is 11.7. The van der Waals surface area contributed by atoms with Gasteiger partial charge in [-0.15, -0.1) is 0 Å². The molecule has 1 saturated heterocycles. The number of carbonyl (C=O) groups excluding carboxylic acids is 3. The molecule has 0 aromatic heterocycles. The van der Waals surface area contributed by atoms with E-state index < -0.39 is 17.9 Å². The Bertz CT molecular complexity index is 1040. The normalized spacial score (nSPS) is 16.1. The number of hydrogen-bond acceptors (Lipinski definition) is 7. The molecule has 1 heterocycles. The van der Waals surface area contributed by atoms with Crippen molar-refractivity contribution in [3.63, 3.8) is 0 Å². The van der Waals surface area contributed by atoms with Crippen molar-refractivity contribution < 1.29 is 33.3 Å². The number of nitrogens with one attached hydrogen (secondary N) is 1. The standard InChI is InChI=1S/C25H30N2O7/c1-5-34-24(29)14-20(16-7-6-8-19(11-16)31-2)26-25(30)17-12-23(28)27(15-17)18-9-10-21(32-3)22(13-18)33-4/h6-11,13,17,20H,5,12,14-15H2,1-4H3,(H,26,30). The monoisotopic (exact) mass is 470 g/mol. The van der Waals surface area contributed by atoms with Crippen LogP contribution in [0.2, 0.25) is 0 Å². The first-order valence-electron chi connectivity index (χ1n) is 11.0. The SMILES string of the molecule is CCOC(=O)CC(NC(=O)C1CC(=O)N(c2ccc(OC)c(OC)c2)C1)c1cccc(OC)c1. The number of ether oxygens (including phenoxy) is 4. The number of anilines is 1. The van der Waals surface area contributed by atoms with Crippen LogP contribution in [0.5, 0.6) is 17.2 Å². The summed E-state index contributed by atoms with van der Waals surface area (Å²) >= 11 is 0. The van der Waals surface area contributed by atoms with E-state index in [0.29, 0.717) is 28.5 Å². The number of carbonyl (C=O) groups is 3. The van der Waals surface area contributed by atoms with Crippen LogP contribution in [-0.2, 0) is 19.1 Å². The summed E-state index contributed by atoms with van der Waals surface area (Å²) in [4.78, 5) is 39.6. The van der Waals surface area contributed by atoms with Crippen LogP contribution in [0.15, 0.2) is 42.5 Å². The van der Waals surface area contributed by atoms with Gasteiger partial charge in [0.25, 0.3) is 0 Å². The van der Waals surface area contributed by atoms with Crippen molar-refractivity contribution in [2.75, 3.05) is 39.4 Å². The molecule has 1 aliphatic rings. The predicted octanol–water partition coefficient (Wildman–Crippen LogP) is 2.88. The lowest BCUT2D eigenvalue weighted by Gasteiger charge is -2.22. The van der Waals surface area contributed by atoms with Crippen LogP contribution in [0.4, 0.5) is 5.69 Å². The average Bonchev–Trinajstić information content (AvgIpc) is 3.25. The molecule has 182 valence electrons. The minimum Gasteiger partial charge on any atom is -0.497 e. The Balaban J connectivity index is 1.76. The van der Waals surface area contributed by atoms with Crippen molar-refractivity contribution in [3.05, 3.63) is 48.0 Å². The molecule has 2 aromatic rings. The van der Waals surface area contributed by atoms with E-state index in [1.54, 1.807) is 55.3 Å². The van der Waals surface area contributed by atoms with Gasteiger partial charge in [-0.25, -0.2) is 0 Å². The first kappa shape index (κ1) is 24.9. The highest BCUT2D eigenvalue weighted by molar-refractivity contribution is 6.00. The second kappa shape index (κ2) is 11.4. The quantitative estimate of drug-likeness (QED) is 0.533. The molecule has 3 rings (SSSR count). The van der Waals surface area contributed by atoms with E-state index in [-0.39, 0.29) is 37.8 Å². The van der Waals surface area contributed by atoms with Gasteiger partial charge in [-0.1, -0.05) is 12.1 Å². The number of benzene rings is 2. The Labute approximate surface area is 198 Å². The van der Waals surface area contributed by atoms with Gasteiger partial charge in [0.1, 0.15) is 5.75 Å². The van der Waals surface area contributed by atoms with E-state index in [0.717, 1.165) is 0 Å². The largest absolute Gasteiger partial charge is 0.497 e. The summed E-state index contributed by atoms with van der Waals surface area (Å²) < 4.78 is 20.9. The molecule has 1 aliphatic heterocycles. The molecule has 2 amide bonds. The van der Waals surface area contributed by atoms with Crippen molar-refractivity contribution >= 4 is 23.5 Å². The van der Waals surface area contributed by atoms with Crippen LogP contribution in [0.1, 0.15) is 31.4 Å². The lowest BCUT2D eigenvalue weighted by atomic mass is 10.0. The van der Waals surface area contributed by atoms with Gasteiger partial charge in [0, 0.05) is 24.7 Å². The third-order valence-electron chi connectivity index (χ3n) is 5.66. The molecular formula is C25H30N2O7. The Morgan fingerprint density at radius 2 is 1.82 bits per heavy atom. The molecule has 1 fully saturated rings. The number of rotatable bonds is 10. The zero-order valence-electron chi connectivity index (χ0n) is 19.8. The number of hydrogen-bond donors (Lipinski definition) is 1. The summed E-state index contributed by atoms with van der Waals surface area (Å²) in [6.45, 7) is 2.18. The number of nitrogens with zero attached hydrogens (tertiary/aromatic N) is 1. The van der Waals surface area contributed by atoms with Crippen LogP contribution < -0.4 is 24.4 Å². The van der Waals surface area contributed by atoms with Crippen molar-refractivity contribution in [2.24, 2.45) is 5.92 Å². The third-order valence-corrected chi connectivity index (χ3v) is 5.66. The fourth-order valence-electron chi connectivity index (χ4n) is 3.91. The molecule has 0 bridgehead atoms. The minimum atomic E-state index is -0.619. The predicted molar refractivity (Wildman–Crippen MR) is 125 cm³/mol. The third kappa shape index (κ3) is 5.78. The Kier molecular flexibility index (Phi) is 8.34. The van der Waals surface area contributed by atoms with Gasteiger partial charge in [-0.3, -0.25) is 14.4 Å². The highest BCUT2D eigenvalue weighted by Gasteiger charge is 2.36. The van der Waals surface area contributed by atoms with Crippen molar-refractivity contribution in [1.29, 1.82) is 0 Å². The number of esters is 1. The number of methoxy groups -OCH3 is 3. The van der Waals surface area contributed by atoms with Gasteiger partial charge in [0.2, 0.25) is 11.8 Å². The van der Waals surface area contributed by atoms with Gasteiger partial charge in [-0.05, 0) is 36.8 Å². The highest BCUT2D eigenvalue weighted by atomic mass is 16.5. The van der Waals surface area contributed by atoms with E-state index >= 15 is 0 Å². The maximum Gasteiger partial charge on any atom is 0.308 e. The molecule has 2 unspecified atom stereocenters. The Morgan fingerprint density at radius 3 is 2.50 bits per heavy atom. The van der Waals surface area contributed by atoms with Crippen LogP contribution in [0.25, 0.3) is 0 Å². The highest BCUT2D eigenvalue weighted by Crippen LogP contribution is 2.34. The van der Waals surface area contributed by atoms with Gasteiger partial charge < -0.3 is 29.2 Å². The fraction of sp³-hybridized carbons (Fsp3) is 0.400. The Morgan fingerprint density at radius 1 is 1.06 bits per heavy atom. The van der Waals surface area contributed by atoms with Crippen molar-refractivity contribution in [3.8, 4) is 17.2 Å². The molecule has 2 aromatic carbocycles. The van der Waals surface area contributed by atoms with Crippen molar-refractivity contribution in [1.82, 2.24) is 5.32 Å². The van der Waals surface area contributed by atoms with Crippen LogP contribution in [0, 0.1) is 5.92 Å². The van der Waals surface area contributed by atoms with Crippen LogP contribution >= 0.6 is 0 Å². The van der Waals surface area contributed by atoms with Crippen LogP contribution in [0.3, 0.4) is 0 Å². The summed E-state index contributed by atoms with van der Waals surface area (Å²) in [5.41, 5.74) is 1.33. The second-order valence-electron chi connectivity index (χ2n) is 7.79. The summed E-state index contributed by atoms with van der Waals surface area (Å²) in [5.74, 6) is 0.168. The molecule has 0 spiro atoms. The fourth-order valence-corrected chi connectivity index (χ4v) is 3.91. The molecule has 0 aliphatic carbocycles. The van der Waals surface area contributed by atoms with Gasteiger partial charge in [0.15, 0.2) is 11.5 Å². The minimum absolute atomic E-state index is 0.0349. The molecule has 2 atom stereocenters. The second-order valence-corrected chi connectivity index (χ2v) is 7.79. The number of amides is 2. The molecule has 34 heavy (non-hydrogen) atoms. The summed E-state index contributed by atoms with van der Waals surface area (Å²) in [5, 5.41) is 2.93. The van der Waals surface area contributed by atoms with E-state index in [2.05, 4.69) is 5.32 Å². The lowest BCUT2D eigenvalue weighted by molar-refractivity contribution is -0.144. The lowest BCUT2D eigenvalue weighted by Crippen LogP contribution is -2.36. The summed E-state index contributed by atoms with van der Waals surface area (Å²) in [7, 11) is 4.60. The van der Waals surface area contributed by atoms with E-state index in [4.69, 9.17) is 18.9 Å². The molecule has 0 radical (unpaired) electrons. The average molecular weight is 471 g/mol. The maximum atomic E-state index is 13.2. The zero-order chi connectivity index (χ0) is 24.7. The Hall–Kier alpha value is -3.75.